The molecule has 4 heteroatoms. The molecule has 1 N–H and O–H groups in total. The van der Waals surface area contributed by atoms with E-state index in [9.17, 15) is 13.2 Å². The summed E-state index contributed by atoms with van der Waals surface area (Å²) in [7, 11) is 0. The lowest BCUT2D eigenvalue weighted by Crippen LogP contribution is -2.19. The molecule has 0 saturated heterocycles. The van der Waals surface area contributed by atoms with Crippen LogP contribution in [-0.4, -0.2) is 0 Å². The molecular weight excluding hydrogens is 251 g/mol. The number of nitrogens with one attached hydrogen (secondary N) is 1. The van der Waals surface area contributed by atoms with E-state index in [-0.39, 0.29) is 24.0 Å². The molecular formula is C15H14F3N. The molecule has 0 aromatic heterocycles. The van der Waals surface area contributed by atoms with Crippen molar-refractivity contribution < 1.29 is 13.2 Å². The molecule has 100 valence electrons. The molecule has 0 aliphatic carbocycles. The monoisotopic (exact) mass is 265 g/mol. The van der Waals surface area contributed by atoms with Gasteiger partial charge in [0.05, 0.1) is 0 Å². The highest BCUT2D eigenvalue weighted by molar-refractivity contribution is 5.22. The van der Waals surface area contributed by atoms with Crippen molar-refractivity contribution in [3.8, 4) is 0 Å². The number of hydrogen-bond donors (Lipinski definition) is 1. The second-order valence-corrected chi connectivity index (χ2v) is 4.35. The van der Waals surface area contributed by atoms with Gasteiger partial charge in [0.25, 0.3) is 0 Å². The van der Waals surface area contributed by atoms with E-state index in [0.717, 1.165) is 5.56 Å². The zero-order valence-electron chi connectivity index (χ0n) is 10.5. The van der Waals surface area contributed by atoms with Crippen LogP contribution in [0, 0.1) is 17.5 Å². The first-order valence-corrected chi connectivity index (χ1v) is 5.99. The number of rotatable bonds is 4. The van der Waals surface area contributed by atoms with Crippen LogP contribution in [0.5, 0.6) is 0 Å². The van der Waals surface area contributed by atoms with Crippen LogP contribution in [-0.2, 0) is 6.54 Å². The summed E-state index contributed by atoms with van der Waals surface area (Å²) in [6.07, 6.45) is 0. The molecule has 2 aromatic carbocycles. The van der Waals surface area contributed by atoms with Crippen LogP contribution in [0.1, 0.15) is 24.1 Å². The lowest BCUT2D eigenvalue weighted by molar-refractivity contribution is 0.508. The van der Waals surface area contributed by atoms with E-state index < -0.39 is 11.6 Å². The van der Waals surface area contributed by atoms with E-state index in [1.807, 2.05) is 6.92 Å². The Hall–Kier alpha value is -1.81. The Balaban J connectivity index is 2.04. The van der Waals surface area contributed by atoms with Gasteiger partial charge in [-0.3, -0.25) is 0 Å². The quantitative estimate of drug-likeness (QED) is 0.882. The van der Waals surface area contributed by atoms with Crippen LogP contribution in [0.2, 0.25) is 0 Å². The molecule has 1 nitrogen and oxygen atoms in total. The van der Waals surface area contributed by atoms with Gasteiger partial charge in [0, 0.05) is 18.2 Å². The second-order valence-electron chi connectivity index (χ2n) is 4.35. The Morgan fingerprint density at radius 1 is 0.947 bits per heavy atom. The molecule has 0 saturated carbocycles. The lowest BCUT2D eigenvalue weighted by atomic mass is 10.1. The highest BCUT2D eigenvalue weighted by Crippen LogP contribution is 2.16. The molecule has 0 aliphatic rings. The van der Waals surface area contributed by atoms with Crippen LogP contribution < -0.4 is 5.32 Å². The summed E-state index contributed by atoms with van der Waals surface area (Å²) in [6.45, 7) is 1.93. The highest BCUT2D eigenvalue weighted by atomic mass is 19.1. The van der Waals surface area contributed by atoms with Gasteiger partial charge in [0.2, 0.25) is 0 Å². The first-order chi connectivity index (χ1) is 9.08. The van der Waals surface area contributed by atoms with Crippen molar-refractivity contribution in [1.29, 1.82) is 0 Å². The van der Waals surface area contributed by atoms with Crippen molar-refractivity contribution in [3.05, 3.63) is 71.0 Å². The molecule has 1 atom stereocenters. The van der Waals surface area contributed by atoms with Gasteiger partial charge >= 0.3 is 0 Å². The Labute approximate surface area is 110 Å². The Morgan fingerprint density at radius 2 is 1.53 bits per heavy atom. The largest absolute Gasteiger partial charge is 0.306 e. The van der Waals surface area contributed by atoms with Crippen LogP contribution in [0.25, 0.3) is 0 Å². The fourth-order valence-corrected chi connectivity index (χ4v) is 1.83. The van der Waals surface area contributed by atoms with Gasteiger partial charge in [0.15, 0.2) is 0 Å². The molecule has 0 aliphatic heterocycles. The molecule has 0 fully saturated rings. The fraction of sp³-hybridized carbons (Fsp3) is 0.200. The van der Waals surface area contributed by atoms with E-state index in [4.69, 9.17) is 0 Å². The smallest absolute Gasteiger partial charge is 0.130 e. The minimum atomic E-state index is -0.571. The van der Waals surface area contributed by atoms with Crippen LogP contribution >= 0.6 is 0 Å². The van der Waals surface area contributed by atoms with Gasteiger partial charge in [-0.25, -0.2) is 13.2 Å². The molecule has 19 heavy (non-hydrogen) atoms. The molecule has 0 unspecified atom stereocenters. The molecule has 0 heterocycles. The summed E-state index contributed by atoms with van der Waals surface area (Å²) in [5.74, 6) is -1.45. The van der Waals surface area contributed by atoms with Crippen molar-refractivity contribution >= 4 is 0 Å². The number of halogens is 3. The average molecular weight is 265 g/mol. The Bertz CT molecular complexity index is 532. The van der Waals surface area contributed by atoms with Crippen molar-refractivity contribution in [2.24, 2.45) is 0 Å². The first kappa shape index (κ1) is 13.6. The van der Waals surface area contributed by atoms with E-state index in [1.54, 1.807) is 12.1 Å². The second kappa shape index (κ2) is 5.89. The van der Waals surface area contributed by atoms with E-state index in [1.165, 1.54) is 30.3 Å². The third-order valence-corrected chi connectivity index (χ3v) is 3.02. The predicted octanol–water partition coefficient (Wildman–Crippen LogP) is 3.95. The predicted molar refractivity (Wildman–Crippen MR) is 68.0 cm³/mol. The van der Waals surface area contributed by atoms with Crippen molar-refractivity contribution in [2.45, 2.75) is 19.5 Å². The summed E-state index contributed by atoms with van der Waals surface area (Å²) in [4.78, 5) is 0. The summed E-state index contributed by atoms with van der Waals surface area (Å²) in [6, 6.07) is 9.66. The zero-order valence-corrected chi connectivity index (χ0v) is 10.5. The third-order valence-electron chi connectivity index (χ3n) is 3.02. The molecule has 0 amide bonds. The standard InChI is InChI=1S/C15H14F3N/c1-10(11-5-7-12(16)8-6-11)19-9-13-14(17)3-2-4-15(13)18/h2-8,10,19H,9H2,1H3/t10-/m1/s1. The fourth-order valence-electron chi connectivity index (χ4n) is 1.83. The van der Waals surface area contributed by atoms with Crippen molar-refractivity contribution in [2.75, 3.05) is 0 Å². The summed E-state index contributed by atoms with van der Waals surface area (Å²) < 4.78 is 39.6. The third kappa shape index (κ3) is 3.35. The van der Waals surface area contributed by atoms with Crippen LogP contribution in [0.15, 0.2) is 42.5 Å². The molecule has 0 spiro atoms. The maximum atomic E-state index is 13.4. The van der Waals surface area contributed by atoms with Crippen molar-refractivity contribution in [3.63, 3.8) is 0 Å². The molecule has 2 rings (SSSR count). The summed E-state index contributed by atoms with van der Waals surface area (Å²) in [5, 5.41) is 3.01. The van der Waals surface area contributed by atoms with E-state index in [0.29, 0.717) is 0 Å². The minimum Gasteiger partial charge on any atom is -0.306 e. The van der Waals surface area contributed by atoms with Gasteiger partial charge < -0.3 is 5.32 Å². The van der Waals surface area contributed by atoms with Gasteiger partial charge in [-0.1, -0.05) is 18.2 Å². The van der Waals surface area contributed by atoms with Gasteiger partial charge in [0.1, 0.15) is 17.5 Å². The Kier molecular flexibility index (Phi) is 4.22. The van der Waals surface area contributed by atoms with E-state index >= 15 is 0 Å². The number of hydrogen-bond acceptors (Lipinski definition) is 1. The molecule has 0 radical (unpaired) electrons. The van der Waals surface area contributed by atoms with Crippen molar-refractivity contribution in [1.82, 2.24) is 5.32 Å². The number of benzene rings is 2. The van der Waals surface area contributed by atoms with Gasteiger partial charge in [-0.05, 0) is 36.8 Å². The normalized spacial score (nSPS) is 12.4. The topological polar surface area (TPSA) is 12.0 Å². The minimum absolute atomic E-state index is 0.0106. The highest BCUT2D eigenvalue weighted by Gasteiger charge is 2.10. The lowest BCUT2D eigenvalue weighted by Gasteiger charge is -2.15. The van der Waals surface area contributed by atoms with Gasteiger partial charge in [-0.2, -0.15) is 0 Å². The maximum Gasteiger partial charge on any atom is 0.130 e. The van der Waals surface area contributed by atoms with Crippen LogP contribution in [0.3, 0.4) is 0 Å². The van der Waals surface area contributed by atoms with Crippen LogP contribution in [0.4, 0.5) is 13.2 Å². The Morgan fingerprint density at radius 3 is 2.11 bits per heavy atom. The SMILES string of the molecule is C[C@@H](NCc1c(F)cccc1F)c1ccc(F)cc1. The maximum absolute atomic E-state index is 13.4. The zero-order chi connectivity index (χ0) is 13.8. The summed E-state index contributed by atoms with van der Waals surface area (Å²) in [5.41, 5.74) is 0.870. The van der Waals surface area contributed by atoms with E-state index in [2.05, 4.69) is 5.32 Å². The molecule has 2 aromatic rings. The van der Waals surface area contributed by atoms with Gasteiger partial charge in [-0.15, -0.1) is 0 Å². The summed E-state index contributed by atoms with van der Waals surface area (Å²) >= 11 is 0. The first-order valence-electron chi connectivity index (χ1n) is 5.99. The molecule has 0 bridgehead atoms. The average Bonchev–Trinajstić information content (AvgIpc) is 2.38.